The number of anilines is 1. The highest BCUT2D eigenvalue weighted by Crippen LogP contribution is 2.27. The lowest BCUT2D eigenvalue weighted by Gasteiger charge is -2.15. The Labute approximate surface area is 119 Å². The van der Waals surface area contributed by atoms with E-state index >= 15 is 0 Å². The molecule has 112 valence electrons. The lowest BCUT2D eigenvalue weighted by molar-refractivity contribution is -0.141. The molecule has 0 spiro atoms. The first kappa shape index (κ1) is 15.3. The molecule has 0 aliphatic carbocycles. The van der Waals surface area contributed by atoms with Crippen LogP contribution in [0.25, 0.3) is 0 Å². The van der Waals surface area contributed by atoms with Gasteiger partial charge in [0.2, 0.25) is 0 Å². The second kappa shape index (κ2) is 6.11. The largest absolute Gasteiger partial charge is 0.433 e. The van der Waals surface area contributed by atoms with Crippen molar-refractivity contribution in [3.8, 4) is 0 Å². The molecule has 0 bridgehead atoms. The van der Waals surface area contributed by atoms with E-state index in [9.17, 15) is 17.6 Å². The molecule has 0 saturated heterocycles. The third kappa shape index (κ3) is 4.44. The molecular weight excluding hydrogens is 284 g/mol. The van der Waals surface area contributed by atoms with E-state index in [1.807, 2.05) is 6.92 Å². The van der Waals surface area contributed by atoms with Gasteiger partial charge >= 0.3 is 6.18 Å². The van der Waals surface area contributed by atoms with Crippen LogP contribution in [-0.4, -0.2) is 11.0 Å². The molecule has 0 aliphatic rings. The number of aromatic nitrogens is 1. The molecule has 0 amide bonds. The van der Waals surface area contributed by atoms with Gasteiger partial charge in [-0.1, -0.05) is 12.1 Å². The molecule has 1 N–H and O–H groups in total. The number of hydrogen-bond acceptors (Lipinski definition) is 2. The van der Waals surface area contributed by atoms with Crippen molar-refractivity contribution < 1.29 is 17.6 Å². The van der Waals surface area contributed by atoms with E-state index in [1.54, 1.807) is 12.1 Å². The summed E-state index contributed by atoms with van der Waals surface area (Å²) in [5, 5.41) is 3.06. The molecule has 0 saturated carbocycles. The Hall–Kier alpha value is -2.11. The van der Waals surface area contributed by atoms with Gasteiger partial charge in [0, 0.05) is 6.04 Å². The molecule has 1 unspecified atom stereocenters. The summed E-state index contributed by atoms with van der Waals surface area (Å²) in [5.74, 6) is -0.300. The highest BCUT2D eigenvalue weighted by atomic mass is 19.4. The van der Waals surface area contributed by atoms with Gasteiger partial charge in [-0.15, -0.1) is 0 Å². The zero-order chi connectivity index (χ0) is 15.5. The second-order valence-electron chi connectivity index (χ2n) is 4.81. The maximum atomic E-state index is 12.8. The fraction of sp³-hybridized carbons (Fsp3) is 0.267. The topological polar surface area (TPSA) is 24.9 Å². The maximum Gasteiger partial charge on any atom is 0.433 e. The summed E-state index contributed by atoms with van der Waals surface area (Å²) in [6.45, 7) is 1.89. The number of halogens is 4. The second-order valence-corrected chi connectivity index (χ2v) is 4.81. The van der Waals surface area contributed by atoms with Crippen molar-refractivity contribution in [2.45, 2.75) is 25.6 Å². The minimum Gasteiger partial charge on any atom is -0.381 e. The molecule has 2 nitrogen and oxygen atoms in total. The number of nitrogens with zero attached hydrogens (tertiary/aromatic N) is 1. The predicted molar refractivity (Wildman–Crippen MR) is 72.4 cm³/mol. The van der Waals surface area contributed by atoms with Crippen molar-refractivity contribution in [2.75, 3.05) is 5.32 Å². The van der Waals surface area contributed by atoms with Crippen molar-refractivity contribution in [1.29, 1.82) is 0 Å². The van der Waals surface area contributed by atoms with Gasteiger partial charge in [-0.05, 0) is 43.2 Å². The monoisotopic (exact) mass is 298 g/mol. The lowest BCUT2D eigenvalue weighted by Crippen LogP contribution is -2.18. The summed E-state index contributed by atoms with van der Waals surface area (Å²) in [6, 6.07) is 8.37. The summed E-state index contributed by atoms with van der Waals surface area (Å²) >= 11 is 0. The van der Waals surface area contributed by atoms with Gasteiger partial charge in [0.25, 0.3) is 0 Å². The van der Waals surface area contributed by atoms with Gasteiger partial charge in [-0.3, -0.25) is 0 Å². The van der Waals surface area contributed by atoms with Gasteiger partial charge in [-0.25, -0.2) is 9.37 Å². The van der Waals surface area contributed by atoms with E-state index in [-0.39, 0.29) is 11.9 Å². The first-order valence-electron chi connectivity index (χ1n) is 6.39. The van der Waals surface area contributed by atoms with Crippen LogP contribution in [0.3, 0.4) is 0 Å². The normalized spacial score (nSPS) is 13.0. The van der Waals surface area contributed by atoms with E-state index in [4.69, 9.17) is 0 Å². The average Bonchev–Trinajstić information content (AvgIpc) is 2.41. The van der Waals surface area contributed by atoms with Crippen LogP contribution in [0.15, 0.2) is 42.6 Å². The van der Waals surface area contributed by atoms with Crippen LogP contribution in [0, 0.1) is 5.82 Å². The van der Waals surface area contributed by atoms with Crippen molar-refractivity contribution in [3.63, 3.8) is 0 Å². The van der Waals surface area contributed by atoms with Gasteiger partial charge in [0.15, 0.2) is 0 Å². The Balaban J connectivity index is 1.96. The summed E-state index contributed by atoms with van der Waals surface area (Å²) in [7, 11) is 0. The summed E-state index contributed by atoms with van der Waals surface area (Å²) in [4.78, 5) is 3.38. The van der Waals surface area contributed by atoms with Gasteiger partial charge in [0.05, 0.1) is 11.9 Å². The molecule has 0 fully saturated rings. The summed E-state index contributed by atoms with van der Waals surface area (Å²) < 4.78 is 50.0. The minimum atomic E-state index is -4.43. The van der Waals surface area contributed by atoms with Crippen LogP contribution < -0.4 is 5.32 Å². The fourth-order valence-electron chi connectivity index (χ4n) is 1.96. The van der Waals surface area contributed by atoms with Crippen LogP contribution in [-0.2, 0) is 12.6 Å². The highest BCUT2D eigenvalue weighted by Gasteiger charge is 2.32. The standard InChI is InChI=1S/C15H14F4N2/c1-10(8-11-2-4-12(16)5-3-11)21-13-6-7-14(20-9-13)15(17,18)19/h2-7,9-10,21H,8H2,1H3. The van der Waals surface area contributed by atoms with E-state index in [0.29, 0.717) is 12.1 Å². The Morgan fingerprint density at radius 3 is 2.29 bits per heavy atom. The third-order valence-electron chi connectivity index (χ3n) is 2.92. The lowest BCUT2D eigenvalue weighted by atomic mass is 10.1. The van der Waals surface area contributed by atoms with Crippen LogP contribution in [0.4, 0.5) is 23.2 Å². The van der Waals surface area contributed by atoms with Gasteiger partial charge < -0.3 is 5.32 Å². The molecule has 1 aromatic carbocycles. The zero-order valence-electron chi connectivity index (χ0n) is 11.3. The average molecular weight is 298 g/mol. The molecule has 2 rings (SSSR count). The fourth-order valence-corrected chi connectivity index (χ4v) is 1.96. The smallest absolute Gasteiger partial charge is 0.381 e. The van der Waals surface area contributed by atoms with Crippen LogP contribution in [0.2, 0.25) is 0 Å². The van der Waals surface area contributed by atoms with Crippen LogP contribution >= 0.6 is 0 Å². The molecule has 0 aliphatic heterocycles. The van der Waals surface area contributed by atoms with Crippen molar-refractivity contribution in [2.24, 2.45) is 0 Å². The first-order chi connectivity index (χ1) is 9.84. The SMILES string of the molecule is CC(Cc1ccc(F)cc1)Nc1ccc(C(F)(F)F)nc1. The molecule has 1 atom stereocenters. The van der Waals surface area contributed by atoms with E-state index in [2.05, 4.69) is 10.3 Å². The minimum absolute atomic E-state index is 0.0194. The summed E-state index contributed by atoms with van der Waals surface area (Å²) in [6.07, 6.45) is -2.65. The Morgan fingerprint density at radius 1 is 1.10 bits per heavy atom. The van der Waals surface area contributed by atoms with Crippen molar-refractivity contribution >= 4 is 5.69 Å². The number of alkyl halides is 3. The first-order valence-corrected chi connectivity index (χ1v) is 6.39. The molecule has 2 aromatic rings. The summed E-state index contributed by atoms with van der Waals surface area (Å²) in [5.41, 5.74) is 0.535. The van der Waals surface area contributed by atoms with Crippen LogP contribution in [0.5, 0.6) is 0 Å². The number of rotatable bonds is 4. The number of hydrogen-bond donors (Lipinski definition) is 1. The maximum absolute atomic E-state index is 12.8. The molecule has 1 aromatic heterocycles. The number of benzene rings is 1. The van der Waals surface area contributed by atoms with Crippen LogP contribution in [0.1, 0.15) is 18.2 Å². The quantitative estimate of drug-likeness (QED) is 0.852. The Bertz CT molecular complexity index is 576. The molecule has 21 heavy (non-hydrogen) atoms. The zero-order valence-corrected chi connectivity index (χ0v) is 11.3. The van der Waals surface area contributed by atoms with E-state index < -0.39 is 11.9 Å². The van der Waals surface area contributed by atoms with Gasteiger partial charge in [0.1, 0.15) is 11.5 Å². The van der Waals surface area contributed by atoms with Crippen molar-refractivity contribution in [1.82, 2.24) is 4.98 Å². The number of nitrogens with one attached hydrogen (secondary N) is 1. The van der Waals surface area contributed by atoms with Gasteiger partial charge in [-0.2, -0.15) is 13.2 Å². The number of pyridine rings is 1. The highest BCUT2D eigenvalue weighted by molar-refractivity contribution is 5.42. The molecule has 0 radical (unpaired) electrons. The van der Waals surface area contributed by atoms with E-state index in [1.165, 1.54) is 18.2 Å². The Morgan fingerprint density at radius 2 is 1.76 bits per heavy atom. The molecule has 1 heterocycles. The molecular formula is C15H14F4N2. The third-order valence-corrected chi connectivity index (χ3v) is 2.92. The predicted octanol–water partition coefficient (Wildman–Crippen LogP) is 4.28. The molecule has 6 heteroatoms. The van der Waals surface area contributed by atoms with E-state index in [0.717, 1.165) is 17.8 Å². The Kier molecular flexibility index (Phi) is 4.45. The van der Waals surface area contributed by atoms with Crippen molar-refractivity contribution in [3.05, 3.63) is 59.7 Å².